The Labute approximate surface area is 191 Å². The van der Waals surface area contributed by atoms with Crippen LogP contribution in [0.3, 0.4) is 0 Å². The quantitative estimate of drug-likeness (QED) is 0.750. The molecule has 0 radical (unpaired) electrons. The number of aryl methyl sites for hydroxylation is 1. The molecule has 172 valence electrons. The van der Waals surface area contributed by atoms with Gasteiger partial charge in [0.25, 0.3) is 5.91 Å². The van der Waals surface area contributed by atoms with E-state index in [-0.39, 0.29) is 17.2 Å². The fraction of sp³-hybridized carbons (Fsp3) is 0.500. The molecule has 0 bridgehead atoms. The van der Waals surface area contributed by atoms with Crippen molar-refractivity contribution >= 4 is 5.91 Å². The molecule has 2 heterocycles. The summed E-state index contributed by atoms with van der Waals surface area (Å²) in [5.41, 5.74) is 4.45. The minimum absolute atomic E-state index is 0.0295. The zero-order valence-electron chi connectivity index (χ0n) is 19.7. The highest BCUT2D eigenvalue weighted by Crippen LogP contribution is 2.35. The first kappa shape index (κ1) is 22.6. The Morgan fingerprint density at radius 3 is 2.56 bits per heavy atom. The minimum Gasteiger partial charge on any atom is -0.504 e. The number of nitrogens with zero attached hydrogens (tertiary/aromatic N) is 3. The molecular formula is C26H35N3O3. The van der Waals surface area contributed by atoms with Crippen LogP contribution in [0.4, 0.5) is 0 Å². The lowest BCUT2D eigenvalue weighted by atomic mass is 9.93. The fourth-order valence-corrected chi connectivity index (χ4v) is 4.72. The monoisotopic (exact) mass is 437 g/mol. The second-order valence-electron chi connectivity index (χ2n) is 9.71. The lowest BCUT2D eigenvalue weighted by Gasteiger charge is -2.36. The van der Waals surface area contributed by atoms with Crippen LogP contribution in [0, 0.1) is 0 Å². The van der Waals surface area contributed by atoms with Crippen molar-refractivity contribution in [2.45, 2.75) is 45.3 Å². The van der Waals surface area contributed by atoms with Gasteiger partial charge in [0.05, 0.1) is 7.11 Å². The number of ether oxygens (including phenoxy) is 1. The van der Waals surface area contributed by atoms with Crippen LogP contribution in [-0.2, 0) is 19.5 Å². The zero-order chi connectivity index (χ0) is 22.9. The maximum Gasteiger partial charge on any atom is 0.254 e. The summed E-state index contributed by atoms with van der Waals surface area (Å²) in [5.74, 6) is 0.856. The van der Waals surface area contributed by atoms with Crippen LogP contribution in [0.25, 0.3) is 0 Å². The molecule has 2 aliphatic heterocycles. The number of phenols is 1. The molecule has 0 saturated carbocycles. The van der Waals surface area contributed by atoms with Crippen molar-refractivity contribution in [2.24, 2.45) is 0 Å². The van der Waals surface area contributed by atoms with Gasteiger partial charge in [-0.2, -0.15) is 0 Å². The Bertz CT molecular complexity index is 980. The van der Waals surface area contributed by atoms with Crippen molar-refractivity contribution in [3.63, 3.8) is 0 Å². The van der Waals surface area contributed by atoms with E-state index in [1.54, 1.807) is 13.2 Å². The van der Waals surface area contributed by atoms with Gasteiger partial charge < -0.3 is 19.6 Å². The number of piperazine rings is 1. The molecule has 1 fully saturated rings. The summed E-state index contributed by atoms with van der Waals surface area (Å²) >= 11 is 0. The summed E-state index contributed by atoms with van der Waals surface area (Å²) in [4.78, 5) is 20.0. The molecule has 2 aliphatic rings. The van der Waals surface area contributed by atoms with Crippen molar-refractivity contribution in [3.05, 3.63) is 58.7 Å². The predicted octanol–water partition coefficient (Wildman–Crippen LogP) is 3.52. The molecular weight excluding hydrogens is 402 g/mol. The van der Waals surface area contributed by atoms with Gasteiger partial charge in [0.15, 0.2) is 11.5 Å². The first-order valence-electron chi connectivity index (χ1n) is 11.5. The first-order chi connectivity index (χ1) is 15.3. The normalized spacial score (nSPS) is 17.4. The molecule has 1 amide bonds. The molecule has 6 heteroatoms. The van der Waals surface area contributed by atoms with Gasteiger partial charge in [0, 0.05) is 50.4 Å². The second kappa shape index (κ2) is 9.12. The molecule has 0 atom stereocenters. The summed E-state index contributed by atoms with van der Waals surface area (Å²) in [7, 11) is 3.68. The van der Waals surface area contributed by atoms with Gasteiger partial charge in [-0.1, -0.05) is 18.2 Å². The number of rotatable bonds is 6. The van der Waals surface area contributed by atoms with Crippen molar-refractivity contribution < 1.29 is 14.6 Å². The van der Waals surface area contributed by atoms with Gasteiger partial charge in [0.1, 0.15) is 0 Å². The smallest absolute Gasteiger partial charge is 0.254 e. The lowest BCUT2D eigenvalue weighted by Crippen LogP contribution is -2.47. The van der Waals surface area contributed by atoms with Crippen LogP contribution >= 0.6 is 0 Å². The van der Waals surface area contributed by atoms with E-state index in [1.807, 2.05) is 29.2 Å². The number of hydrogen-bond donors (Lipinski definition) is 1. The van der Waals surface area contributed by atoms with Crippen LogP contribution < -0.4 is 4.74 Å². The number of likely N-dealkylation sites (N-methyl/N-ethyl adjacent to an activating group) is 1. The lowest BCUT2D eigenvalue weighted by molar-refractivity contribution is 0.0660. The standard InChI is InChI=1S/C26H35N3O3/c1-26(2,11-10-19-8-9-23(30)24(16-19)32-4)29-17-20-6-5-7-21(22(20)18-29)25(31)28-14-12-27(3)13-15-28/h5-9,16,30H,10-15,17-18H2,1-4H3. The molecule has 2 aromatic rings. The van der Waals surface area contributed by atoms with Gasteiger partial charge in [-0.15, -0.1) is 0 Å². The van der Waals surface area contributed by atoms with Crippen LogP contribution in [0.2, 0.25) is 0 Å². The third kappa shape index (κ3) is 4.62. The van der Waals surface area contributed by atoms with Crippen molar-refractivity contribution in [1.29, 1.82) is 0 Å². The van der Waals surface area contributed by atoms with E-state index in [4.69, 9.17) is 4.74 Å². The van der Waals surface area contributed by atoms with E-state index in [9.17, 15) is 9.90 Å². The Balaban J connectivity index is 1.45. The van der Waals surface area contributed by atoms with Crippen molar-refractivity contribution in [3.8, 4) is 11.5 Å². The average Bonchev–Trinajstić information content (AvgIpc) is 3.24. The van der Waals surface area contributed by atoms with E-state index in [1.165, 1.54) is 11.1 Å². The number of aromatic hydroxyl groups is 1. The van der Waals surface area contributed by atoms with Gasteiger partial charge in [-0.05, 0) is 68.6 Å². The van der Waals surface area contributed by atoms with Crippen molar-refractivity contribution in [1.82, 2.24) is 14.7 Å². The Morgan fingerprint density at radius 2 is 1.84 bits per heavy atom. The number of phenolic OH excluding ortho intramolecular Hbond substituents is 1. The molecule has 4 rings (SSSR count). The highest BCUT2D eigenvalue weighted by Gasteiger charge is 2.34. The van der Waals surface area contributed by atoms with Gasteiger partial charge in [-0.25, -0.2) is 0 Å². The van der Waals surface area contributed by atoms with Crippen LogP contribution in [0.1, 0.15) is 47.3 Å². The number of carbonyl (C=O) groups excluding carboxylic acids is 1. The average molecular weight is 438 g/mol. The number of amides is 1. The largest absolute Gasteiger partial charge is 0.504 e. The van der Waals surface area contributed by atoms with E-state index < -0.39 is 0 Å². The molecule has 6 nitrogen and oxygen atoms in total. The molecule has 1 saturated heterocycles. The van der Waals surface area contributed by atoms with Crippen LogP contribution in [-0.4, -0.2) is 71.6 Å². The third-order valence-corrected chi connectivity index (χ3v) is 7.13. The fourth-order valence-electron chi connectivity index (χ4n) is 4.72. The van der Waals surface area contributed by atoms with Gasteiger partial charge in [0.2, 0.25) is 0 Å². The summed E-state index contributed by atoms with van der Waals surface area (Å²) in [6.07, 6.45) is 1.86. The highest BCUT2D eigenvalue weighted by atomic mass is 16.5. The molecule has 0 aliphatic carbocycles. The molecule has 0 unspecified atom stereocenters. The molecule has 0 spiro atoms. The van der Waals surface area contributed by atoms with Gasteiger partial charge >= 0.3 is 0 Å². The predicted molar refractivity (Wildman–Crippen MR) is 126 cm³/mol. The van der Waals surface area contributed by atoms with Crippen molar-refractivity contribution in [2.75, 3.05) is 40.3 Å². The second-order valence-corrected chi connectivity index (χ2v) is 9.71. The van der Waals surface area contributed by atoms with E-state index in [0.29, 0.717) is 5.75 Å². The first-order valence-corrected chi connectivity index (χ1v) is 11.5. The summed E-state index contributed by atoms with van der Waals surface area (Å²) in [6, 6.07) is 11.8. The van der Waals surface area contributed by atoms with E-state index >= 15 is 0 Å². The summed E-state index contributed by atoms with van der Waals surface area (Å²) < 4.78 is 5.25. The zero-order valence-corrected chi connectivity index (χ0v) is 19.7. The molecule has 0 aromatic heterocycles. The number of benzene rings is 2. The summed E-state index contributed by atoms with van der Waals surface area (Å²) in [5, 5.41) is 9.85. The number of fused-ring (bicyclic) bond motifs is 1. The summed E-state index contributed by atoms with van der Waals surface area (Å²) in [6.45, 7) is 9.68. The number of carbonyl (C=O) groups is 1. The number of hydrogen-bond acceptors (Lipinski definition) is 5. The van der Waals surface area contributed by atoms with Gasteiger partial charge in [-0.3, -0.25) is 9.69 Å². The maximum absolute atomic E-state index is 13.3. The Kier molecular flexibility index (Phi) is 6.45. The maximum atomic E-state index is 13.3. The molecule has 32 heavy (non-hydrogen) atoms. The van der Waals surface area contributed by atoms with E-state index in [2.05, 4.69) is 36.8 Å². The minimum atomic E-state index is -0.0295. The van der Waals surface area contributed by atoms with E-state index in [0.717, 1.165) is 63.2 Å². The van der Waals surface area contributed by atoms with Crippen LogP contribution in [0.15, 0.2) is 36.4 Å². The third-order valence-electron chi connectivity index (χ3n) is 7.13. The van der Waals surface area contributed by atoms with Crippen LogP contribution in [0.5, 0.6) is 11.5 Å². The Hall–Kier alpha value is -2.57. The Morgan fingerprint density at radius 1 is 1.09 bits per heavy atom. The molecule has 2 aromatic carbocycles. The number of methoxy groups -OCH3 is 1. The SMILES string of the molecule is COc1cc(CCC(C)(C)N2Cc3cccc(C(=O)N4CCN(C)CC4)c3C2)ccc1O. The highest BCUT2D eigenvalue weighted by molar-refractivity contribution is 5.96. The topological polar surface area (TPSA) is 56.2 Å². The molecule has 1 N–H and O–H groups in total.